The van der Waals surface area contributed by atoms with Gasteiger partial charge in [-0.25, -0.2) is 0 Å². The van der Waals surface area contributed by atoms with Crippen molar-refractivity contribution in [3.8, 4) is 17.2 Å². The van der Waals surface area contributed by atoms with Crippen LogP contribution in [0, 0.1) is 0 Å². The number of para-hydroxylation sites is 1. The molecule has 0 aromatic heterocycles. The van der Waals surface area contributed by atoms with Crippen LogP contribution < -0.4 is 14.2 Å². The highest BCUT2D eigenvalue weighted by Gasteiger charge is 2.46. The van der Waals surface area contributed by atoms with Crippen LogP contribution in [0.3, 0.4) is 0 Å². The highest BCUT2D eigenvalue weighted by molar-refractivity contribution is 6.47. The van der Waals surface area contributed by atoms with Gasteiger partial charge >= 0.3 is 0 Å². The molecule has 1 saturated heterocycles. The van der Waals surface area contributed by atoms with E-state index in [-0.39, 0.29) is 34.6 Å². The van der Waals surface area contributed by atoms with Crippen LogP contribution in [0.1, 0.15) is 43.5 Å². The van der Waals surface area contributed by atoms with Crippen molar-refractivity contribution in [2.24, 2.45) is 0 Å². The molecule has 1 unspecified atom stereocenters. The van der Waals surface area contributed by atoms with Gasteiger partial charge in [0.05, 0.1) is 43.0 Å². The van der Waals surface area contributed by atoms with E-state index >= 15 is 0 Å². The van der Waals surface area contributed by atoms with Gasteiger partial charge in [0.25, 0.3) is 11.7 Å². The molecule has 1 N–H and O–H groups in total. The molecule has 0 aliphatic carbocycles. The van der Waals surface area contributed by atoms with E-state index in [2.05, 4.69) is 0 Å². The first-order chi connectivity index (χ1) is 18.2. The van der Waals surface area contributed by atoms with Crippen LogP contribution in [0.2, 0.25) is 5.02 Å². The van der Waals surface area contributed by atoms with Crippen molar-refractivity contribution in [2.75, 3.05) is 13.7 Å². The Morgan fingerprint density at radius 3 is 2.50 bits per heavy atom. The Balaban J connectivity index is 1.90. The Morgan fingerprint density at radius 2 is 1.79 bits per heavy atom. The third-order valence-electron chi connectivity index (χ3n) is 6.12. The minimum absolute atomic E-state index is 0.0675. The molecule has 0 saturated carbocycles. The number of aliphatic hydroxyl groups is 1. The highest BCUT2D eigenvalue weighted by Crippen LogP contribution is 2.43. The van der Waals surface area contributed by atoms with E-state index in [1.54, 1.807) is 55.6 Å². The van der Waals surface area contributed by atoms with Crippen molar-refractivity contribution in [1.29, 1.82) is 0 Å². The molecular formula is C30H30ClNO6. The van der Waals surface area contributed by atoms with E-state index in [1.165, 1.54) is 4.90 Å². The van der Waals surface area contributed by atoms with Crippen molar-refractivity contribution in [1.82, 2.24) is 4.90 Å². The number of amides is 1. The monoisotopic (exact) mass is 535 g/mol. The number of ketones is 1. The Morgan fingerprint density at radius 1 is 1.03 bits per heavy atom. The molecule has 1 atom stereocenters. The second kappa shape index (κ2) is 11.6. The maximum absolute atomic E-state index is 13.5. The number of Topliss-reactive ketones (excluding diaryl/α,β-unsaturated/α-hetero) is 1. The average Bonchev–Trinajstić information content (AvgIpc) is 3.14. The van der Waals surface area contributed by atoms with Gasteiger partial charge in [-0.15, -0.1) is 0 Å². The number of hydrogen-bond acceptors (Lipinski definition) is 6. The maximum atomic E-state index is 13.5. The van der Waals surface area contributed by atoms with Crippen molar-refractivity contribution in [2.45, 2.75) is 39.5 Å². The fourth-order valence-electron chi connectivity index (χ4n) is 4.52. The lowest BCUT2D eigenvalue weighted by atomic mass is 9.94. The van der Waals surface area contributed by atoms with Crippen molar-refractivity contribution >= 4 is 29.1 Å². The molecule has 8 heteroatoms. The number of aliphatic hydroxyl groups excluding tert-OH is 1. The molecule has 1 aliphatic heterocycles. The number of methoxy groups -OCH3 is 1. The average molecular weight is 536 g/mol. The van der Waals surface area contributed by atoms with Crippen LogP contribution in [-0.4, -0.2) is 41.5 Å². The molecule has 3 aromatic rings. The topological polar surface area (TPSA) is 85.3 Å². The van der Waals surface area contributed by atoms with Gasteiger partial charge in [-0.05, 0) is 62.7 Å². The van der Waals surface area contributed by atoms with Gasteiger partial charge in [0.1, 0.15) is 23.0 Å². The molecule has 1 amide bonds. The van der Waals surface area contributed by atoms with Crippen molar-refractivity contribution < 1.29 is 28.9 Å². The molecular weight excluding hydrogens is 506 g/mol. The van der Waals surface area contributed by atoms with E-state index in [0.717, 1.165) is 0 Å². The summed E-state index contributed by atoms with van der Waals surface area (Å²) in [5.74, 6) is -0.289. The van der Waals surface area contributed by atoms with Gasteiger partial charge in [0.2, 0.25) is 0 Å². The summed E-state index contributed by atoms with van der Waals surface area (Å²) in [4.78, 5) is 28.4. The molecule has 3 aromatic carbocycles. The normalized spacial score (nSPS) is 16.7. The minimum atomic E-state index is -0.901. The van der Waals surface area contributed by atoms with Gasteiger partial charge in [0.15, 0.2) is 0 Å². The van der Waals surface area contributed by atoms with Crippen LogP contribution in [0.5, 0.6) is 17.2 Å². The highest BCUT2D eigenvalue weighted by atomic mass is 35.5. The molecule has 0 bridgehead atoms. The first kappa shape index (κ1) is 27.1. The summed E-state index contributed by atoms with van der Waals surface area (Å²) in [6.45, 7) is 6.15. The molecule has 198 valence electrons. The van der Waals surface area contributed by atoms with Gasteiger partial charge in [0, 0.05) is 11.1 Å². The van der Waals surface area contributed by atoms with Crippen molar-refractivity contribution in [3.63, 3.8) is 0 Å². The summed E-state index contributed by atoms with van der Waals surface area (Å²) in [6, 6.07) is 18.4. The van der Waals surface area contributed by atoms with E-state index in [1.807, 2.05) is 39.0 Å². The molecule has 0 spiro atoms. The second-order valence-corrected chi connectivity index (χ2v) is 9.46. The van der Waals surface area contributed by atoms with Crippen LogP contribution in [0.4, 0.5) is 0 Å². The summed E-state index contributed by atoms with van der Waals surface area (Å²) in [6.07, 6.45) is -0.0784. The largest absolute Gasteiger partial charge is 0.507 e. The number of rotatable bonds is 9. The number of nitrogens with zero attached hydrogens (tertiary/aromatic N) is 1. The smallest absolute Gasteiger partial charge is 0.295 e. The summed E-state index contributed by atoms with van der Waals surface area (Å²) < 4.78 is 16.9. The summed E-state index contributed by atoms with van der Waals surface area (Å²) >= 11 is 6.44. The second-order valence-electron chi connectivity index (χ2n) is 9.05. The number of benzene rings is 3. The van der Waals surface area contributed by atoms with E-state index in [0.29, 0.717) is 35.0 Å². The van der Waals surface area contributed by atoms with Gasteiger partial charge in [-0.1, -0.05) is 41.9 Å². The lowest BCUT2D eigenvalue weighted by Crippen LogP contribution is -2.29. The fraction of sp³-hybridized carbons (Fsp3) is 0.267. The zero-order valence-electron chi connectivity index (χ0n) is 21.7. The molecule has 1 aliphatic rings. The lowest BCUT2D eigenvalue weighted by molar-refractivity contribution is -0.140. The van der Waals surface area contributed by atoms with E-state index < -0.39 is 17.7 Å². The predicted molar refractivity (Wildman–Crippen MR) is 146 cm³/mol. The summed E-state index contributed by atoms with van der Waals surface area (Å²) in [7, 11) is 1.55. The molecule has 1 heterocycles. The minimum Gasteiger partial charge on any atom is -0.507 e. The molecule has 1 fully saturated rings. The standard InChI is InChI=1S/C30H30ClNO6/c1-5-37-21-13-14-24(31)23(16-21)28(33)26-27(19-10-8-11-22(15-19)38-18(2)3)32(30(35)29(26)34)17-20-9-6-7-12-25(20)36-4/h6-16,18,27,33H,5,17H2,1-4H3/b28-26+. The molecule has 0 radical (unpaired) electrons. The number of carbonyl (C=O) groups excluding carboxylic acids is 2. The number of carbonyl (C=O) groups is 2. The number of ether oxygens (including phenoxy) is 3. The van der Waals surface area contributed by atoms with E-state index in [4.69, 9.17) is 25.8 Å². The Kier molecular flexibility index (Phi) is 8.27. The van der Waals surface area contributed by atoms with Crippen LogP contribution in [0.15, 0.2) is 72.3 Å². The molecule has 38 heavy (non-hydrogen) atoms. The first-order valence-electron chi connectivity index (χ1n) is 12.3. The number of halogens is 1. The third-order valence-corrected chi connectivity index (χ3v) is 6.45. The maximum Gasteiger partial charge on any atom is 0.295 e. The third kappa shape index (κ3) is 5.48. The van der Waals surface area contributed by atoms with Crippen LogP contribution >= 0.6 is 11.6 Å². The van der Waals surface area contributed by atoms with Gasteiger partial charge in [-0.3, -0.25) is 9.59 Å². The van der Waals surface area contributed by atoms with Crippen LogP contribution in [0.25, 0.3) is 5.76 Å². The number of hydrogen-bond donors (Lipinski definition) is 1. The van der Waals surface area contributed by atoms with E-state index in [9.17, 15) is 14.7 Å². The SMILES string of the molecule is CCOc1ccc(Cl)c(/C(O)=C2\C(=O)C(=O)N(Cc3ccccc3OC)C2c2cccc(OC(C)C)c2)c1. The zero-order chi connectivity index (χ0) is 27.4. The fourth-order valence-corrected chi connectivity index (χ4v) is 4.73. The predicted octanol–water partition coefficient (Wildman–Crippen LogP) is 6.16. The summed E-state index contributed by atoms with van der Waals surface area (Å²) in [5.41, 5.74) is 1.46. The zero-order valence-corrected chi connectivity index (χ0v) is 22.5. The van der Waals surface area contributed by atoms with Crippen LogP contribution in [-0.2, 0) is 16.1 Å². The van der Waals surface area contributed by atoms with Gasteiger partial charge in [-0.2, -0.15) is 0 Å². The summed E-state index contributed by atoms with van der Waals surface area (Å²) in [5, 5.41) is 11.7. The number of likely N-dealkylation sites (tertiary alicyclic amines) is 1. The molecule has 7 nitrogen and oxygen atoms in total. The molecule has 4 rings (SSSR count). The lowest BCUT2D eigenvalue weighted by Gasteiger charge is -2.26. The Hall–Kier alpha value is -3.97. The Labute approximate surface area is 227 Å². The Bertz CT molecular complexity index is 1380. The van der Waals surface area contributed by atoms with Crippen molar-refractivity contribution in [3.05, 3.63) is 94.0 Å². The first-order valence-corrected chi connectivity index (χ1v) is 12.7. The van der Waals surface area contributed by atoms with Gasteiger partial charge < -0.3 is 24.2 Å². The quantitative estimate of drug-likeness (QED) is 0.201.